The smallest absolute Gasteiger partial charge is 0.231 e. The third kappa shape index (κ3) is 2.77. The molecule has 1 atom stereocenters. The molecule has 2 heterocycles. The highest BCUT2D eigenvalue weighted by Crippen LogP contribution is 2.36. The lowest BCUT2D eigenvalue weighted by Gasteiger charge is -2.08. The van der Waals surface area contributed by atoms with E-state index < -0.39 is 0 Å². The van der Waals surface area contributed by atoms with Gasteiger partial charge < -0.3 is 19.9 Å². The van der Waals surface area contributed by atoms with Crippen molar-refractivity contribution in [3.05, 3.63) is 29.3 Å². The summed E-state index contributed by atoms with van der Waals surface area (Å²) in [5.41, 5.74) is 2.00. The fourth-order valence-electron chi connectivity index (χ4n) is 1.89. The lowest BCUT2D eigenvalue weighted by atomic mass is 10.2. The van der Waals surface area contributed by atoms with Crippen LogP contribution in [-0.2, 0) is 6.54 Å². The maximum absolute atomic E-state index is 8.98. The van der Waals surface area contributed by atoms with Crippen molar-refractivity contribution in [1.29, 1.82) is 0 Å². The standard InChI is InChI=1S/C14H16N2O3S/c1-9(6-17)15-5-11-7-20-14(16-11)10-2-3-12-13(4-10)19-8-18-12/h2-4,7,9,15,17H,5-6,8H2,1H3/t9-/m1/s1. The molecule has 0 aliphatic carbocycles. The number of ether oxygens (including phenoxy) is 2. The summed E-state index contributed by atoms with van der Waals surface area (Å²) in [6.07, 6.45) is 0. The number of nitrogens with zero attached hydrogens (tertiary/aromatic N) is 1. The molecule has 0 radical (unpaired) electrons. The van der Waals surface area contributed by atoms with Gasteiger partial charge in [-0.1, -0.05) is 0 Å². The van der Waals surface area contributed by atoms with Gasteiger partial charge in [-0.15, -0.1) is 11.3 Å². The van der Waals surface area contributed by atoms with Crippen LogP contribution in [0.2, 0.25) is 0 Å². The molecular formula is C14H16N2O3S. The average Bonchev–Trinajstić information content (AvgIpc) is 3.12. The molecule has 3 rings (SSSR count). The maximum atomic E-state index is 8.98. The van der Waals surface area contributed by atoms with Gasteiger partial charge in [-0.25, -0.2) is 4.98 Å². The van der Waals surface area contributed by atoms with Gasteiger partial charge in [0.1, 0.15) is 5.01 Å². The minimum atomic E-state index is 0.0747. The Morgan fingerprint density at radius 1 is 1.40 bits per heavy atom. The Morgan fingerprint density at radius 3 is 3.10 bits per heavy atom. The maximum Gasteiger partial charge on any atom is 0.231 e. The number of aliphatic hydroxyl groups is 1. The Hall–Kier alpha value is -1.63. The fraction of sp³-hybridized carbons (Fsp3) is 0.357. The summed E-state index contributed by atoms with van der Waals surface area (Å²) in [4.78, 5) is 4.59. The minimum absolute atomic E-state index is 0.0747. The first kappa shape index (κ1) is 13.4. The molecule has 0 saturated carbocycles. The highest BCUT2D eigenvalue weighted by atomic mass is 32.1. The summed E-state index contributed by atoms with van der Waals surface area (Å²) in [6, 6.07) is 5.92. The van der Waals surface area contributed by atoms with Crippen LogP contribution in [-0.4, -0.2) is 29.5 Å². The zero-order valence-corrected chi connectivity index (χ0v) is 11.9. The monoisotopic (exact) mass is 292 g/mol. The third-order valence-corrected chi connectivity index (χ3v) is 4.02. The predicted octanol–water partition coefficient (Wildman–Crippen LogP) is 2.01. The zero-order chi connectivity index (χ0) is 13.9. The van der Waals surface area contributed by atoms with Crippen LogP contribution in [0.5, 0.6) is 11.5 Å². The Morgan fingerprint density at radius 2 is 2.25 bits per heavy atom. The molecule has 0 unspecified atom stereocenters. The molecule has 0 amide bonds. The van der Waals surface area contributed by atoms with Crippen molar-refractivity contribution < 1.29 is 14.6 Å². The number of thiazole rings is 1. The number of rotatable bonds is 5. The quantitative estimate of drug-likeness (QED) is 0.882. The van der Waals surface area contributed by atoms with Crippen LogP contribution in [0.4, 0.5) is 0 Å². The van der Waals surface area contributed by atoms with Crippen molar-refractivity contribution in [3.63, 3.8) is 0 Å². The summed E-state index contributed by atoms with van der Waals surface area (Å²) in [7, 11) is 0. The van der Waals surface area contributed by atoms with E-state index in [-0.39, 0.29) is 19.4 Å². The van der Waals surface area contributed by atoms with Gasteiger partial charge in [-0.05, 0) is 25.1 Å². The van der Waals surface area contributed by atoms with Crippen LogP contribution >= 0.6 is 11.3 Å². The SMILES string of the molecule is C[C@H](CO)NCc1csc(-c2ccc3c(c2)OCO3)n1. The summed E-state index contributed by atoms with van der Waals surface area (Å²) in [5, 5.41) is 15.2. The third-order valence-electron chi connectivity index (χ3n) is 3.08. The number of fused-ring (bicyclic) bond motifs is 1. The number of aromatic nitrogens is 1. The number of aliphatic hydroxyl groups excluding tert-OH is 1. The van der Waals surface area contributed by atoms with Crippen LogP contribution in [0.3, 0.4) is 0 Å². The summed E-state index contributed by atoms with van der Waals surface area (Å²) >= 11 is 1.60. The number of benzene rings is 1. The highest BCUT2D eigenvalue weighted by Gasteiger charge is 2.15. The van der Waals surface area contributed by atoms with Crippen LogP contribution in [0.25, 0.3) is 10.6 Å². The van der Waals surface area contributed by atoms with Gasteiger partial charge in [0, 0.05) is 23.5 Å². The van der Waals surface area contributed by atoms with Gasteiger partial charge in [0.05, 0.1) is 12.3 Å². The van der Waals surface area contributed by atoms with Crippen molar-refractivity contribution >= 4 is 11.3 Å². The molecule has 1 aromatic heterocycles. The number of nitrogens with one attached hydrogen (secondary N) is 1. The van der Waals surface area contributed by atoms with Gasteiger partial charge in [0.25, 0.3) is 0 Å². The molecule has 106 valence electrons. The first-order valence-corrected chi connectivity index (χ1v) is 7.33. The summed E-state index contributed by atoms with van der Waals surface area (Å²) in [5.74, 6) is 1.55. The van der Waals surface area contributed by atoms with Crippen molar-refractivity contribution in [2.24, 2.45) is 0 Å². The van der Waals surface area contributed by atoms with E-state index in [4.69, 9.17) is 14.6 Å². The number of hydrogen-bond donors (Lipinski definition) is 2. The van der Waals surface area contributed by atoms with E-state index in [1.54, 1.807) is 11.3 Å². The van der Waals surface area contributed by atoms with Gasteiger partial charge in [-0.3, -0.25) is 0 Å². The van der Waals surface area contributed by atoms with E-state index in [1.807, 2.05) is 30.5 Å². The topological polar surface area (TPSA) is 63.6 Å². The molecule has 0 fully saturated rings. The van der Waals surface area contributed by atoms with E-state index in [2.05, 4.69) is 10.3 Å². The fourth-order valence-corrected chi connectivity index (χ4v) is 2.71. The normalized spacial score (nSPS) is 14.5. The highest BCUT2D eigenvalue weighted by molar-refractivity contribution is 7.13. The minimum Gasteiger partial charge on any atom is -0.454 e. The van der Waals surface area contributed by atoms with Crippen LogP contribution in [0.1, 0.15) is 12.6 Å². The zero-order valence-electron chi connectivity index (χ0n) is 11.1. The van der Waals surface area contributed by atoms with E-state index in [0.29, 0.717) is 6.54 Å². The molecule has 20 heavy (non-hydrogen) atoms. The first-order valence-electron chi connectivity index (χ1n) is 6.45. The van der Waals surface area contributed by atoms with Crippen LogP contribution in [0.15, 0.2) is 23.6 Å². The van der Waals surface area contributed by atoms with Gasteiger partial charge in [0.2, 0.25) is 6.79 Å². The first-order chi connectivity index (χ1) is 9.76. The molecule has 2 aromatic rings. The Kier molecular flexibility index (Phi) is 3.86. The predicted molar refractivity (Wildman–Crippen MR) is 77.1 cm³/mol. The van der Waals surface area contributed by atoms with Crippen molar-refractivity contribution in [1.82, 2.24) is 10.3 Å². The van der Waals surface area contributed by atoms with Crippen molar-refractivity contribution in [2.75, 3.05) is 13.4 Å². The van der Waals surface area contributed by atoms with Gasteiger partial charge >= 0.3 is 0 Å². The van der Waals surface area contributed by atoms with Crippen molar-refractivity contribution in [3.8, 4) is 22.1 Å². The van der Waals surface area contributed by atoms with Gasteiger partial charge in [0.15, 0.2) is 11.5 Å². The average molecular weight is 292 g/mol. The second kappa shape index (κ2) is 5.78. The van der Waals surface area contributed by atoms with E-state index in [1.165, 1.54) is 0 Å². The number of hydrogen-bond acceptors (Lipinski definition) is 6. The van der Waals surface area contributed by atoms with Crippen molar-refractivity contribution in [2.45, 2.75) is 19.5 Å². The Bertz CT molecular complexity index is 600. The van der Waals surface area contributed by atoms with E-state index in [9.17, 15) is 0 Å². The molecule has 0 saturated heterocycles. The Labute approximate surface area is 121 Å². The van der Waals surface area contributed by atoms with E-state index in [0.717, 1.165) is 27.8 Å². The molecular weight excluding hydrogens is 276 g/mol. The molecule has 5 nitrogen and oxygen atoms in total. The van der Waals surface area contributed by atoms with Gasteiger partial charge in [-0.2, -0.15) is 0 Å². The molecule has 1 aliphatic rings. The largest absolute Gasteiger partial charge is 0.454 e. The molecule has 1 aliphatic heterocycles. The van der Waals surface area contributed by atoms with Crippen LogP contribution < -0.4 is 14.8 Å². The van der Waals surface area contributed by atoms with Crippen LogP contribution in [0, 0.1) is 0 Å². The molecule has 6 heteroatoms. The van der Waals surface area contributed by atoms with E-state index >= 15 is 0 Å². The lowest BCUT2D eigenvalue weighted by Crippen LogP contribution is -2.28. The summed E-state index contributed by atoms with van der Waals surface area (Å²) < 4.78 is 10.7. The summed E-state index contributed by atoms with van der Waals surface area (Å²) in [6.45, 7) is 3.00. The second-order valence-electron chi connectivity index (χ2n) is 4.68. The molecule has 2 N–H and O–H groups in total. The molecule has 0 spiro atoms. The molecule has 1 aromatic carbocycles. The second-order valence-corrected chi connectivity index (χ2v) is 5.53. The lowest BCUT2D eigenvalue weighted by molar-refractivity contribution is 0.174. The molecule has 0 bridgehead atoms. The Balaban J connectivity index is 1.73.